The van der Waals surface area contributed by atoms with Crippen molar-refractivity contribution in [3.63, 3.8) is 0 Å². The smallest absolute Gasteiger partial charge is 0.349 e. The summed E-state index contributed by atoms with van der Waals surface area (Å²) in [4.78, 5) is 24.5. The van der Waals surface area contributed by atoms with Crippen LogP contribution in [0.5, 0.6) is 5.75 Å². The van der Waals surface area contributed by atoms with E-state index in [1.165, 1.54) is 6.07 Å². The Balaban J connectivity index is 1.88. The fourth-order valence-corrected chi connectivity index (χ4v) is 2.56. The molecule has 0 fully saturated rings. The Morgan fingerprint density at radius 2 is 1.92 bits per heavy atom. The van der Waals surface area contributed by atoms with E-state index in [0.29, 0.717) is 29.0 Å². The summed E-state index contributed by atoms with van der Waals surface area (Å²) in [6.45, 7) is 2.60. The van der Waals surface area contributed by atoms with Crippen molar-refractivity contribution in [3.05, 3.63) is 69.0 Å². The fraction of sp³-hybridized carbons (Fsp3) is 0.158. The molecule has 128 valence electrons. The topological polar surface area (TPSA) is 68.5 Å². The van der Waals surface area contributed by atoms with Crippen LogP contribution >= 0.6 is 15.9 Å². The van der Waals surface area contributed by atoms with Gasteiger partial charge in [-0.3, -0.25) is 4.79 Å². The zero-order valence-corrected chi connectivity index (χ0v) is 15.1. The maximum absolute atomic E-state index is 12.4. The lowest BCUT2D eigenvalue weighted by Crippen LogP contribution is -2.20. The highest BCUT2D eigenvalue weighted by atomic mass is 79.9. The van der Waals surface area contributed by atoms with Crippen molar-refractivity contribution < 1.29 is 13.9 Å². The van der Waals surface area contributed by atoms with Gasteiger partial charge in [-0.1, -0.05) is 22.9 Å². The fourth-order valence-electron chi connectivity index (χ4n) is 2.29. The number of rotatable bonds is 5. The third-order valence-electron chi connectivity index (χ3n) is 3.53. The molecular formula is C19H16BrNO4. The highest BCUT2D eigenvalue weighted by molar-refractivity contribution is 9.10. The van der Waals surface area contributed by atoms with Crippen LogP contribution in [0.4, 0.5) is 5.69 Å². The molecule has 0 atom stereocenters. The van der Waals surface area contributed by atoms with Crippen LogP contribution in [0.25, 0.3) is 11.0 Å². The summed E-state index contributed by atoms with van der Waals surface area (Å²) in [5, 5.41) is 3.34. The Bertz CT molecular complexity index is 963. The number of carbonyl (C=O) groups excluding carboxylic acids is 1. The Kier molecular flexibility index (Phi) is 5.19. The predicted octanol–water partition coefficient (Wildman–Crippen LogP) is 4.60. The summed E-state index contributed by atoms with van der Waals surface area (Å²) >= 11 is 3.33. The molecule has 1 heterocycles. The molecule has 1 N–H and O–H groups in total. The summed E-state index contributed by atoms with van der Waals surface area (Å²) in [7, 11) is 0. The van der Waals surface area contributed by atoms with E-state index in [1.807, 2.05) is 6.92 Å². The first-order valence-corrected chi connectivity index (χ1v) is 8.64. The van der Waals surface area contributed by atoms with Gasteiger partial charge in [0.2, 0.25) is 0 Å². The molecular weight excluding hydrogens is 386 g/mol. The second-order valence-electron chi connectivity index (χ2n) is 5.46. The molecule has 0 bridgehead atoms. The van der Waals surface area contributed by atoms with E-state index in [2.05, 4.69) is 21.2 Å². The van der Waals surface area contributed by atoms with Crippen LogP contribution in [0.2, 0.25) is 0 Å². The van der Waals surface area contributed by atoms with Crippen molar-refractivity contribution in [1.82, 2.24) is 0 Å². The summed E-state index contributed by atoms with van der Waals surface area (Å²) in [5.74, 6) is 0.119. The van der Waals surface area contributed by atoms with Crippen LogP contribution in [0.1, 0.15) is 23.7 Å². The number of hydrogen-bond donors (Lipinski definition) is 1. The van der Waals surface area contributed by atoms with Crippen molar-refractivity contribution in [2.24, 2.45) is 0 Å². The maximum atomic E-state index is 12.4. The first-order chi connectivity index (χ1) is 12.1. The second-order valence-corrected chi connectivity index (χ2v) is 6.37. The summed E-state index contributed by atoms with van der Waals surface area (Å²) in [5.41, 5.74) is 0.252. The number of carbonyl (C=O) groups is 1. The molecule has 5 nitrogen and oxygen atoms in total. The molecule has 0 saturated carbocycles. The molecule has 25 heavy (non-hydrogen) atoms. The van der Waals surface area contributed by atoms with Crippen LogP contribution in [0, 0.1) is 0 Å². The normalized spacial score (nSPS) is 10.6. The number of fused-ring (bicyclic) bond motifs is 1. The molecule has 3 rings (SSSR count). The van der Waals surface area contributed by atoms with Gasteiger partial charge in [-0.25, -0.2) is 4.79 Å². The number of nitrogens with one attached hydrogen (secondary N) is 1. The maximum Gasteiger partial charge on any atom is 0.349 e. The number of anilines is 1. The molecule has 6 heteroatoms. The third kappa shape index (κ3) is 4.09. The molecule has 0 unspecified atom stereocenters. The van der Waals surface area contributed by atoms with E-state index in [9.17, 15) is 9.59 Å². The lowest BCUT2D eigenvalue weighted by molar-refractivity contribution is 0.102. The van der Waals surface area contributed by atoms with E-state index in [1.54, 1.807) is 42.5 Å². The highest BCUT2D eigenvalue weighted by Crippen LogP contribution is 2.21. The zero-order chi connectivity index (χ0) is 17.8. The molecule has 0 radical (unpaired) electrons. The molecule has 0 aliphatic carbocycles. The molecule has 0 saturated heterocycles. The van der Waals surface area contributed by atoms with Gasteiger partial charge in [-0.2, -0.15) is 0 Å². The van der Waals surface area contributed by atoms with Crippen LogP contribution in [0.3, 0.4) is 0 Å². The first kappa shape index (κ1) is 17.2. The zero-order valence-electron chi connectivity index (χ0n) is 13.5. The highest BCUT2D eigenvalue weighted by Gasteiger charge is 2.14. The Morgan fingerprint density at radius 1 is 1.16 bits per heavy atom. The predicted molar refractivity (Wildman–Crippen MR) is 100 cm³/mol. The van der Waals surface area contributed by atoms with Gasteiger partial charge in [0.05, 0.1) is 6.61 Å². The number of benzene rings is 2. The van der Waals surface area contributed by atoms with Crippen LogP contribution in [-0.2, 0) is 0 Å². The average molecular weight is 402 g/mol. The SMILES string of the molecule is CCCOc1ccc2cc(C(=O)Nc3ccc(Br)cc3)c(=O)oc2c1. The van der Waals surface area contributed by atoms with Gasteiger partial charge in [0.15, 0.2) is 0 Å². The van der Waals surface area contributed by atoms with Crippen molar-refractivity contribution in [2.75, 3.05) is 11.9 Å². The molecule has 3 aromatic rings. The van der Waals surface area contributed by atoms with E-state index >= 15 is 0 Å². The molecule has 1 amide bonds. The van der Waals surface area contributed by atoms with Crippen LogP contribution in [-0.4, -0.2) is 12.5 Å². The van der Waals surface area contributed by atoms with E-state index in [4.69, 9.17) is 9.15 Å². The van der Waals surface area contributed by atoms with E-state index < -0.39 is 11.5 Å². The van der Waals surface area contributed by atoms with Crippen molar-refractivity contribution in [1.29, 1.82) is 0 Å². The van der Waals surface area contributed by atoms with Crippen LogP contribution in [0.15, 0.2) is 62.2 Å². The summed E-state index contributed by atoms with van der Waals surface area (Å²) in [6.07, 6.45) is 0.886. The van der Waals surface area contributed by atoms with Crippen molar-refractivity contribution >= 4 is 38.5 Å². The molecule has 0 aliphatic heterocycles. The Labute approximate surface area is 152 Å². The second kappa shape index (κ2) is 7.53. The number of amides is 1. The van der Waals surface area contributed by atoms with Crippen LogP contribution < -0.4 is 15.7 Å². The Morgan fingerprint density at radius 3 is 2.64 bits per heavy atom. The standard InChI is InChI=1S/C19H16BrNO4/c1-2-9-24-15-8-3-12-10-16(19(23)25-17(12)11-15)18(22)21-14-6-4-13(20)5-7-14/h3-8,10-11H,2,9H2,1H3,(H,21,22). The first-order valence-electron chi connectivity index (χ1n) is 7.84. The summed E-state index contributed by atoms with van der Waals surface area (Å²) in [6, 6.07) is 13.8. The molecule has 2 aromatic carbocycles. The quantitative estimate of drug-likeness (QED) is 0.634. The molecule has 1 aromatic heterocycles. The van der Waals surface area contributed by atoms with Crippen molar-refractivity contribution in [2.45, 2.75) is 13.3 Å². The molecule has 0 spiro atoms. The van der Waals surface area contributed by atoms with Gasteiger partial charge >= 0.3 is 5.63 Å². The minimum absolute atomic E-state index is 0.0438. The number of ether oxygens (including phenoxy) is 1. The minimum atomic E-state index is -0.685. The average Bonchev–Trinajstić information content (AvgIpc) is 2.61. The van der Waals surface area contributed by atoms with E-state index in [0.717, 1.165) is 10.9 Å². The Hall–Kier alpha value is -2.60. The number of halogens is 1. The molecule has 0 aliphatic rings. The minimum Gasteiger partial charge on any atom is -0.493 e. The summed E-state index contributed by atoms with van der Waals surface area (Å²) < 4.78 is 11.7. The van der Waals surface area contributed by atoms with E-state index in [-0.39, 0.29) is 5.56 Å². The van der Waals surface area contributed by atoms with Gasteiger partial charge in [-0.05, 0) is 48.9 Å². The lowest BCUT2D eigenvalue weighted by atomic mass is 10.1. The van der Waals surface area contributed by atoms with Gasteiger partial charge in [0.1, 0.15) is 16.9 Å². The lowest BCUT2D eigenvalue weighted by Gasteiger charge is -2.07. The monoisotopic (exact) mass is 401 g/mol. The van der Waals surface area contributed by atoms with Gasteiger partial charge in [0.25, 0.3) is 5.91 Å². The van der Waals surface area contributed by atoms with Gasteiger partial charge < -0.3 is 14.5 Å². The van der Waals surface area contributed by atoms with Gasteiger partial charge in [0, 0.05) is 21.6 Å². The largest absolute Gasteiger partial charge is 0.493 e. The number of hydrogen-bond acceptors (Lipinski definition) is 4. The van der Waals surface area contributed by atoms with Crippen molar-refractivity contribution in [3.8, 4) is 5.75 Å². The van der Waals surface area contributed by atoms with Gasteiger partial charge in [-0.15, -0.1) is 0 Å². The third-order valence-corrected chi connectivity index (χ3v) is 4.06.